The Labute approximate surface area is 629 Å². The van der Waals surface area contributed by atoms with Crippen LogP contribution in [0, 0.1) is 27.7 Å². The quantitative estimate of drug-likeness (QED) is 0.0514. The summed E-state index contributed by atoms with van der Waals surface area (Å²) in [7, 11) is 9.64. The average Bonchev–Trinajstić information content (AvgIpc) is 1.60. The van der Waals surface area contributed by atoms with Crippen molar-refractivity contribution in [1.82, 2.24) is 19.6 Å². The van der Waals surface area contributed by atoms with Crippen molar-refractivity contribution in [2.75, 3.05) is 96.8 Å². The number of imide groups is 2. The fourth-order valence-electron chi connectivity index (χ4n) is 11.1. The lowest BCUT2D eigenvalue weighted by Gasteiger charge is -2.22. The number of anilines is 3. The summed E-state index contributed by atoms with van der Waals surface area (Å²) in [5.74, 6) is 0.806. The van der Waals surface area contributed by atoms with Gasteiger partial charge >= 0.3 is 0 Å². The molecule has 2 N–H and O–H groups in total. The zero-order chi connectivity index (χ0) is 75.3. The number of benzene rings is 9. The van der Waals surface area contributed by atoms with Crippen LogP contribution in [0.5, 0.6) is 28.7 Å². The molecule has 0 bridgehead atoms. The van der Waals surface area contributed by atoms with Crippen molar-refractivity contribution < 1.29 is 52.5 Å². The number of nitrogens with zero attached hydrogens (tertiary/aromatic N) is 5. The lowest BCUT2D eigenvalue weighted by molar-refractivity contribution is 0.0625. The van der Waals surface area contributed by atoms with Gasteiger partial charge < -0.3 is 49.0 Å². The summed E-state index contributed by atoms with van der Waals surface area (Å²) in [6, 6.07) is 52.9. The number of halogens is 4. The van der Waals surface area contributed by atoms with Crippen molar-refractivity contribution in [2.24, 2.45) is 0 Å². The van der Waals surface area contributed by atoms with E-state index >= 15 is 0 Å². The first-order valence-electron chi connectivity index (χ1n) is 33.9. The Hall–Kier alpha value is -9.92. The third kappa shape index (κ3) is 20.7. The van der Waals surface area contributed by atoms with Gasteiger partial charge in [-0.3, -0.25) is 38.6 Å². The van der Waals surface area contributed by atoms with Crippen molar-refractivity contribution in [3.8, 4) is 28.7 Å². The molecule has 9 aromatic carbocycles. The van der Waals surface area contributed by atoms with Crippen LogP contribution in [0.2, 0.25) is 20.1 Å². The van der Waals surface area contributed by atoms with Gasteiger partial charge in [-0.2, -0.15) is 0 Å². The summed E-state index contributed by atoms with van der Waals surface area (Å²) in [4.78, 5) is 85.3. The van der Waals surface area contributed by atoms with Crippen molar-refractivity contribution >= 4 is 98.9 Å². The number of hydrogen-bond acceptors (Lipinski definition) is 14. The molecule has 2 heterocycles. The predicted molar refractivity (Wildman–Crippen MR) is 415 cm³/mol. The first-order chi connectivity index (χ1) is 49.8. The molecule has 0 aliphatic carbocycles. The van der Waals surface area contributed by atoms with Gasteiger partial charge in [0.1, 0.15) is 53.1 Å². The second kappa shape index (κ2) is 38.0. The second-order valence-corrected chi connectivity index (χ2v) is 26.5. The van der Waals surface area contributed by atoms with E-state index in [4.69, 9.17) is 70.1 Å². The first kappa shape index (κ1) is 79.8. The van der Waals surface area contributed by atoms with Crippen LogP contribution in [0.15, 0.2) is 176 Å². The molecule has 9 aromatic rings. The molecule has 0 fully saturated rings. The topological polar surface area (TPSA) is 189 Å². The smallest absolute Gasteiger partial charge is 0.265 e. The highest BCUT2D eigenvalue weighted by molar-refractivity contribution is 6.32. The van der Waals surface area contributed by atoms with Crippen LogP contribution in [0.3, 0.4) is 0 Å². The molecule has 104 heavy (non-hydrogen) atoms. The molecule has 0 unspecified atom stereocenters. The van der Waals surface area contributed by atoms with E-state index in [9.17, 15) is 28.8 Å². The highest BCUT2D eigenvalue weighted by Gasteiger charge is 2.40. The average molecular weight is 1490 g/mol. The molecule has 544 valence electrons. The van der Waals surface area contributed by atoms with E-state index < -0.39 is 0 Å². The zero-order valence-electron chi connectivity index (χ0n) is 60.6. The van der Waals surface area contributed by atoms with Gasteiger partial charge in [-0.25, -0.2) is 0 Å². The fourth-order valence-corrected chi connectivity index (χ4v) is 11.6. The SMILES string of the molecule is CCOc1cccc(NCCN(C)C)c1C(=O)Nc1ccc(Cl)c(C)c1.CCOc1cccc(OCc2ccccc2)c1C(=O)N(C)c1ccc(Cl)c(C)c1.CCOc1cccc2c1C(=O)N(Cc1ccc(Cl)c(C)c1)C2=O.Cc1cc(CN2C(=O)c3cccc(OCCN(C)C)c3C2=O)ccc1Cl. The molecule has 2 aliphatic heterocycles. The number of amides is 6. The van der Waals surface area contributed by atoms with E-state index in [1.807, 2.05) is 179 Å². The Morgan fingerprint density at radius 1 is 0.433 bits per heavy atom. The van der Waals surface area contributed by atoms with Gasteiger partial charge in [-0.15, -0.1) is 0 Å². The van der Waals surface area contributed by atoms with Crippen LogP contribution >= 0.6 is 46.4 Å². The number of ether oxygens (including phenoxy) is 5. The van der Waals surface area contributed by atoms with Crippen molar-refractivity contribution in [1.29, 1.82) is 0 Å². The lowest BCUT2D eigenvalue weighted by atomic mass is 10.1. The minimum Gasteiger partial charge on any atom is -0.493 e. The summed E-state index contributed by atoms with van der Waals surface area (Å²) in [6.07, 6.45) is 0. The molecule has 0 saturated heterocycles. The van der Waals surface area contributed by atoms with Gasteiger partial charge in [-0.1, -0.05) is 125 Å². The van der Waals surface area contributed by atoms with E-state index in [1.165, 1.54) is 9.80 Å². The van der Waals surface area contributed by atoms with Gasteiger partial charge in [-0.05, 0) is 213 Å². The fraction of sp³-hybridized carbons (Fsp3) is 0.268. The number of carbonyl (C=O) groups is 6. The Kier molecular flexibility index (Phi) is 29.2. The zero-order valence-corrected chi connectivity index (χ0v) is 63.6. The van der Waals surface area contributed by atoms with Crippen molar-refractivity contribution in [3.05, 3.63) is 268 Å². The van der Waals surface area contributed by atoms with E-state index in [2.05, 4.69) is 15.5 Å². The number of likely N-dealkylation sites (N-methyl/N-ethyl adjacent to an activating group) is 2. The summed E-state index contributed by atoms with van der Waals surface area (Å²) >= 11 is 24.3. The molecule has 0 saturated carbocycles. The van der Waals surface area contributed by atoms with Crippen LogP contribution in [0.4, 0.5) is 17.1 Å². The summed E-state index contributed by atoms with van der Waals surface area (Å²) < 4.78 is 28.7. The lowest BCUT2D eigenvalue weighted by Crippen LogP contribution is -2.29. The highest BCUT2D eigenvalue weighted by atomic mass is 35.5. The monoisotopic (exact) mass is 1490 g/mol. The van der Waals surface area contributed by atoms with Gasteiger partial charge in [0.15, 0.2) is 0 Å². The molecular weight excluding hydrogens is 1400 g/mol. The van der Waals surface area contributed by atoms with E-state index in [1.54, 1.807) is 90.8 Å². The number of fused-ring (bicyclic) bond motifs is 2. The Morgan fingerprint density at radius 2 is 0.875 bits per heavy atom. The predicted octanol–water partition coefficient (Wildman–Crippen LogP) is 17.4. The van der Waals surface area contributed by atoms with Gasteiger partial charge in [0.05, 0.1) is 60.9 Å². The molecule has 2 aliphatic rings. The Morgan fingerprint density at radius 3 is 1.38 bits per heavy atom. The summed E-state index contributed by atoms with van der Waals surface area (Å²) in [6.45, 7) is 18.1. The molecule has 0 radical (unpaired) electrons. The second-order valence-electron chi connectivity index (χ2n) is 24.9. The molecule has 0 atom stereocenters. The molecule has 11 rings (SSSR count). The Balaban J connectivity index is 0.000000176. The number of hydrogen-bond donors (Lipinski definition) is 2. The Bertz CT molecular complexity index is 4550. The van der Waals surface area contributed by atoms with Gasteiger partial charge in [0.25, 0.3) is 35.4 Å². The number of nitrogens with one attached hydrogen (secondary N) is 2. The first-order valence-corrected chi connectivity index (χ1v) is 35.4. The molecule has 0 aromatic heterocycles. The van der Waals surface area contributed by atoms with E-state index in [0.717, 1.165) is 70.0 Å². The van der Waals surface area contributed by atoms with Gasteiger partial charge in [0, 0.05) is 58.1 Å². The molecule has 0 spiro atoms. The van der Waals surface area contributed by atoms with Crippen LogP contribution in [-0.2, 0) is 19.7 Å². The van der Waals surface area contributed by atoms with E-state index in [-0.39, 0.29) is 48.5 Å². The number of carbonyl (C=O) groups excluding carboxylic acids is 6. The maximum absolute atomic E-state index is 13.4. The van der Waals surface area contributed by atoms with Gasteiger partial charge in [0.2, 0.25) is 0 Å². The van der Waals surface area contributed by atoms with Crippen LogP contribution in [-0.4, -0.2) is 136 Å². The normalized spacial score (nSPS) is 11.9. The summed E-state index contributed by atoms with van der Waals surface area (Å²) in [5.41, 5.74) is 11.0. The number of rotatable bonds is 25. The minimum absolute atomic E-state index is 0.209. The van der Waals surface area contributed by atoms with Crippen LogP contribution < -0.4 is 39.2 Å². The molecule has 18 nitrogen and oxygen atoms in total. The van der Waals surface area contributed by atoms with Crippen LogP contribution in [0.1, 0.15) is 122 Å². The third-order valence-corrected chi connectivity index (χ3v) is 18.3. The van der Waals surface area contributed by atoms with E-state index in [0.29, 0.717) is 121 Å². The summed E-state index contributed by atoms with van der Waals surface area (Å²) in [5, 5.41) is 8.92. The maximum Gasteiger partial charge on any atom is 0.265 e. The number of aryl methyl sites for hydroxylation is 4. The molecular formula is C82H87Cl4N7O11. The maximum atomic E-state index is 13.4. The highest BCUT2D eigenvalue weighted by Crippen LogP contribution is 2.37. The van der Waals surface area contributed by atoms with Crippen molar-refractivity contribution in [2.45, 2.75) is 68.2 Å². The largest absolute Gasteiger partial charge is 0.493 e. The molecule has 22 heteroatoms. The standard InChI is InChI=1S/C24H24ClNO3.C20H26ClN3O2.C20H21ClN2O3.C18H16ClNO3/c1-4-28-21-11-8-12-22(29-16-18-9-6-5-7-10-18)23(21)24(27)26(3)19-13-14-20(25)17(2)15-19;1-5-26-18-8-6-7-17(22-11-12-24(3)4)19(18)20(25)23-15-9-10-16(21)14(2)13-15;1-13-11-14(7-8-16(13)21)12-23-19(24)15-5-4-6-17(18(15)20(23)25)26-10-9-22(2)3;1-3-23-15-6-4-5-13-16(15)18(22)20(17(13)21)10-12-7-8-14(19)11(2)9-12/h5-15H,4,16H2,1-3H3;6-10,13,22H,5,11-12H2,1-4H3,(H,23,25);4-8,11H,9-10,12H2,1-3H3;4-9H,3,10H2,1-2H3. The third-order valence-electron chi connectivity index (χ3n) is 16.6. The molecule has 6 amide bonds. The van der Waals surface area contributed by atoms with Crippen LogP contribution in [0.25, 0.3) is 0 Å². The van der Waals surface area contributed by atoms with Crippen molar-refractivity contribution in [3.63, 3.8) is 0 Å². The minimum atomic E-state index is -0.321.